The third-order valence-corrected chi connectivity index (χ3v) is 1.98. The Morgan fingerprint density at radius 1 is 1.31 bits per heavy atom. The lowest BCUT2D eigenvalue weighted by molar-refractivity contribution is -0.150. The number of hydrogen-bond donors (Lipinski definition) is 1. The first-order valence-corrected chi connectivity index (χ1v) is 4.29. The number of esters is 1. The van der Waals surface area contributed by atoms with Crippen molar-refractivity contribution in [3.63, 3.8) is 0 Å². The van der Waals surface area contributed by atoms with Gasteiger partial charge in [-0.25, -0.2) is 4.79 Å². The summed E-state index contributed by atoms with van der Waals surface area (Å²) in [6.07, 6.45) is -6.00. The zero-order chi connectivity index (χ0) is 12.3. The first kappa shape index (κ1) is 12.5. The van der Waals surface area contributed by atoms with Crippen molar-refractivity contribution < 1.29 is 27.8 Å². The predicted octanol–water partition coefficient (Wildman–Crippen LogP) is 1.91. The molecule has 3 nitrogen and oxygen atoms in total. The molecule has 0 saturated heterocycles. The molecule has 0 fully saturated rings. The quantitative estimate of drug-likeness (QED) is 0.795. The third-order valence-electron chi connectivity index (χ3n) is 1.98. The summed E-state index contributed by atoms with van der Waals surface area (Å²) in [5, 5.41) is 9.33. The van der Waals surface area contributed by atoms with Crippen molar-refractivity contribution in [1.82, 2.24) is 0 Å². The maximum Gasteiger partial charge on any atom is 0.416 e. The van der Waals surface area contributed by atoms with E-state index in [2.05, 4.69) is 4.74 Å². The van der Waals surface area contributed by atoms with Crippen molar-refractivity contribution in [2.75, 3.05) is 7.11 Å². The number of carbonyl (C=O) groups excluding carboxylic acids is 1. The summed E-state index contributed by atoms with van der Waals surface area (Å²) in [7, 11) is 1.08. The summed E-state index contributed by atoms with van der Waals surface area (Å²) in [5.74, 6) is -0.917. The van der Waals surface area contributed by atoms with E-state index in [1.807, 2.05) is 0 Å². The van der Waals surface area contributed by atoms with Crippen molar-refractivity contribution >= 4 is 5.97 Å². The Labute approximate surface area is 89.5 Å². The van der Waals surface area contributed by atoms with Gasteiger partial charge in [0.2, 0.25) is 0 Å². The van der Waals surface area contributed by atoms with Gasteiger partial charge in [0.1, 0.15) is 0 Å². The molecular weight excluding hydrogens is 225 g/mol. The van der Waals surface area contributed by atoms with E-state index in [9.17, 15) is 23.1 Å². The highest BCUT2D eigenvalue weighted by atomic mass is 19.4. The number of rotatable bonds is 2. The minimum Gasteiger partial charge on any atom is -0.467 e. The number of aliphatic hydroxyl groups is 1. The second kappa shape index (κ2) is 4.52. The molecule has 1 rings (SSSR count). The standard InChI is InChI=1S/C10H9F3O3/c1-16-9(15)8(14)6-2-4-7(5-3-6)10(11,12)13/h2-5,8,14H,1H3/t8-/m1/s1. The Balaban J connectivity index is 2.91. The van der Waals surface area contributed by atoms with Gasteiger partial charge in [-0.2, -0.15) is 13.2 Å². The molecule has 0 spiro atoms. The molecule has 0 aliphatic rings. The van der Waals surface area contributed by atoms with E-state index in [1.165, 1.54) is 0 Å². The lowest BCUT2D eigenvalue weighted by Crippen LogP contribution is -2.14. The van der Waals surface area contributed by atoms with E-state index in [1.54, 1.807) is 0 Å². The Bertz CT molecular complexity index is 370. The van der Waals surface area contributed by atoms with Gasteiger partial charge in [-0.15, -0.1) is 0 Å². The first-order chi connectivity index (χ1) is 7.36. The van der Waals surface area contributed by atoms with Gasteiger partial charge in [0, 0.05) is 0 Å². The highest BCUT2D eigenvalue weighted by molar-refractivity contribution is 5.76. The summed E-state index contributed by atoms with van der Waals surface area (Å²) in [6.45, 7) is 0. The van der Waals surface area contributed by atoms with Crippen LogP contribution in [0.5, 0.6) is 0 Å². The number of benzene rings is 1. The lowest BCUT2D eigenvalue weighted by Gasteiger charge is -2.10. The van der Waals surface area contributed by atoms with Gasteiger partial charge < -0.3 is 9.84 Å². The normalized spacial score (nSPS) is 13.3. The fraction of sp³-hybridized carbons (Fsp3) is 0.300. The second-order valence-corrected chi connectivity index (χ2v) is 3.05. The molecule has 0 unspecified atom stereocenters. The van der Waals surface area contributed by atoms with Gasteiger partial charge in [0.15, 0.2) is 6.10 Å². The molecule has 0 heterocycles. The molecule has 0 aliphatic carbocycles. The molecule has 0 saturated carbocycles. The maximum absolute atomic E-state index is 12.2. The van der Waals surface area contributed by atoms with Gasteiger partial charge >= 0.3 is 12.1 Å². The molecule has 1 N–H and O–H groups in total. The Morgan fingerprint density at radius 3 is 2.19 bits per heavy atom. The molecule has 1 aromatic rings. The minimum atomic E-state index is -4.44. The topological polar surface area (TPSA) is 46.5 Å². The summed E-state index contributed by atoms with van der Waals surface area (Å²) in [4.78, 5) is 10.9. The van der Waals surface area contributed by atoms with E-state index in [-0.39, 0.29) is 5.56 Å². The largest absolute Gasteiger partial charge is 0.467 e. The van der Waals surface area contributed by atoms with Crippen LogP contribution in [-0.2, 0) is 15.7 Å². The Morgan fingerprint density at radius 2 is 1.81 bits per heavy atom. The maximum atomic E-state index is 12.2. The minimum absolute atomic E-state index is 0.0554. The average Bonchev–Trinajstić information content (AvgIpc) is 2.26. The van der Waals surface area contributed by atoms with E-state index < -0.39 is 23.8 Å². The van der Waals surface area contributed by atoms with Crippen molar-refractivity contribution in [3.8, 4) is 0 Å². The van der Waals surface area contributed by atoms with Crippen LogP contribution in [0, 0.1) is 0 Å². The highest BCUT2D eigenvalue weighted by Crippen LogP contribution is 2.29. The van der Waals surface area contributed by atoms with Crippen molar-refractivity contribution in [2.45, 2.75) is 12.3 Å². The molecule has 0 amide bonds. The summed E-state index contributed by atoms with van der Waals surface area (Å²) < 4.78 is 40.8. The number of methoxy groups -OCH3 is 1. The Kier molecular flexibility index (Phi) is 3.54. The molecular formula is C10H9F3O3. The van der Waals surface area contributed by atoms with Crippen LogP contribution >= 0.6 is 0 Å². The van der Waals surface area contributed by atoms with E-state index >= 15 is 0 Å². The molecule has 0 aromatic heterocycles. The summed E-state index contributed by atoms with van der Waals surface area (Å²) in [5.41, 5.74) is -0.784. The fourth-order valence-electron chi connectivity index (χ4n) is 1.10. The molecule has 0 bridgehead atoms. The van der Waals surface area contributed by atoms with E-state index in [4.69, 9.17) is 0 Å². The van der Waals surface area contributed by atoms with Crippen LogP contribution in [0.15, 0.2) is 24.3 Å². The zero-order valence-corrected chi connectivity index (χ0v) is 8.28. The van der Waals surface area contributed by atoms with Crippen LogP contribution in [0.4, 0.5) is 13.2 Å². The molecule has 88 valence electrons. The van der Waals surface area contributed by atoms with Crippen LogP contribution in [-0.4, -0.2) is 18.2 Å². The summed E-state index contributed by atoms with van der Waals surface area (Å²) in [6, 6.07) is 3.65. The van der Waals surface area contributed by atoms with Crippen LogP contribution in [0.1, 0.15) is 17.2 Å². The number of hydrogen-bond acceptors (Lipinski definition) is 3. The second-order valence-electron chi connectivity index (χ2n) is 3.05. The molecule has 16 heavy (non-hydrogen) atoms. The number of aliphatic hydroxyl groups excluding tert-OH is 1. The van der Waals surface area contributed by atoms with E-state index in [0.717, 1.165) is 31.4 Å². The van der Waals surface area contributed by atoms with Crippen molar-refractivity contribution in [2.24, 2.45) is 0 Å². The van der Waals surface area contributed by atoms with E-state index in [0.29, 0.717) is 0 Å². The lowest BCUT2D eigenvalue weighted by atomic mass is 10.1. The monoisotopic (exact) mass is 234 g/mol. The van der Waals surface area contributed by atoms with Gasteiger partial charge in [0.25, 0.3) is 0 Å². The van der Waals surface area contributed by atoms with Gasteiger partial charge in [-0.05, 0) is 17.7 Å². The van der Waals surface area contributed by atoms with Gasteiger partial charge in [-0.3, -0.25) is 0 Å². The van der Waals surface area contributed by atoms with Crippen LogP contribution in [0.2, 0.25) is 0 Å². The molecule has 0 radical (unpaired) electrons. The smallest absolute Gasteiger partial charge is 0.416 e. The predicted molar refractivity (Wildman–Crippen MR) is 48.4 cm³/mol. The van der Waals surface area contributed by atoms with Crippen LogP contribution in [0.25, 0.3) is 0 Å². The van der Waals surface area contributed by atoms with Crippen LogP contribution < -0.4 is 0 Å². The van der Waals surface area contributed by atoms with Crippen molar-refractivity contribution in [3.05, 3.63) is 35.4 Å². The summed E-state index contributed by atoms with van der Waals surface area (Å²) >= 11 is 0. The number of alkyl halides is 3. The fourth-order valence-corrected chi connectivity index (χ4v) is 1.10. The molecule has 6 heteroatoms. The molecule has 1 aromatic carbocycles. The first-order valence-electron chi connectivity index (χ1n) is 4.29. The Hall–Kier alpha value is -1.56. The third kappa shape index (κ3) is 2.73. The van der Waals surface area contributed by atoms with Gasteiger partial charge in [-0.1, -0.05) is 12.1 Å². The van der Waals surface area contributed by atoms with Crippen molar-refractivity contribution in [1.29, 1.82) is 0 Å². The average molecular weight is 234 g/mol. The number of carbonyl (C=O) groups is 1. The number of halogens is 3. The molecule has 0 aliphatic heterocycles. The molecule has 1 atom stereocenters. The SMILES string of the molecule is COC(=O)[C@H](O)c1ccc(C(F)(F)F)cc1. The van der Waals surface area contributed by atoms with Crippen LogP contribution in [0.3, 0.4) is 0 Å². The number of ether oxygens (including phenoxy) is 1. The zero-order valence-electron chi connectivity index (χ0n) is 8.28. The highest BCUT2D eigenvalue weighted by Gasteiger charge is 2.30. The van der Waals surface area contributed by atoms with Gasteiger partial charge in [0.05, 0.1) is 12.7 Å².